The Kier molecular flexibility index (Phi) is 3.33. The molecule has 0 spiro atoms. The van der Waals surface area contributed by atoms with E-state index in [9.17, 15) is 0 Å². The average Bonchev–Trinajstić information content (AvgIpc) is 3.30. The van der Waals surface area contributed by atoms with Gasteiger partial charge in [0.05, 0.1) is 17.1 Å². The first-order chi connectivity index (χ1) is 13.2. The van der Waals surface area contributed by atoms with Crippen LogP contribution in [0.15, 0.2) is 54.9 Å². The lowest BCUT2D eigenvalue weighted by atomic mass is 10.0. The molecule has 0 aliphatic carbocycles. The number of hydrogen-bond donors (Lipinski definition) is 4. The van der Waals surface area contributed by atoms with Gasteiger partial charge in [0.15, 0.2) is 11.6 Å². The summed E-state index contributed by atoms with van der Waals surface area (Å²) < 4.78 is 0. The molecule has 0 amide bonds. The highest BCUT2D eigenvalue weighted by Gasteiger charge is 2.16. The van der Waals surface area contributed by atoms with Gasteiger partial charge < -0.3 is 11.1 Å². The first kappa shape index (κ1) is 15.4. The summed E-state index contributed by atoms with van der Waals surface area (Å²) in [5.41, 5.74) is 12.0. The van der Waals surface area contributed by atoms with Crippen LogP contribution < -0.4 is 11.1 Å². The maximum atomic E-state index is 6.18. The summed E-state index contributed by atoms with van der Waals surface area (Å²) in [5, 5.41) is 19.5. The number of nitrogens with zero attached hydrogens (tertiary/aromatic N) is 3. The van der Waals surface area contributed by atoms with Gasteiger partial charge in [-0.3, -0.25) is 10.2 Å². The van der Waals surface area contributed by atoms with Crippen LogP contribution in [0.2, 0.25) is 0 Å². The van der Waals surface area contributed by atoms with Crippen LogP contribution in [-0.4, -0.2) is 25.4 Å². The van der Waals surface area contributed by atoms with Gasteiger partial charge >= 0.3 is 0 Å². The van der Waals surface area contributed by atoms with E-state index >= 15 is 0 Å². The molecule has 0 radical (unpaired) electrons. The molecule has 0 aliphatic rings. The number of rotatable bonds is 3. The van der Waals surface area contributed by atoms with Crippen molar-refractivity contribution in [2.75, 3.05) is 11.1 Å². The first-order valence-electron chi connectivity index (χ1n) is 8.59. The van der Waals surface area contributed by atoms with E-state index < -0.39 is 0 Å². The Bertz CT molecular complexity index is 1280. The molecule has 0 aliphatic heterocycles. The molecule has 0 fully saturated rings. The SMILES string of the molecule is Cc1ccccc1Nc1ncc(-c2ccc3[nH]ncc3c2)c2c(N)n[nH]c12. The number of nitrogens with one attached hydrogen (secondary N) is 3. The number of fused-ring (bicyclic) bond motifs is 2. The zero-order valence-electron chi connectivity index (χ0n) is 14.6. The number of H-pyrrole nitrogens is 2. The molecule has 2 aromatic carbocycles. The summed E-state index contributed by atoms with van der Waals surface area (Å²) in [7, 11) is 0. The average molecular weight is 355 g/mol. The fourth-order valence-electron chi connectivity index (χ4n) is 3.32. The van der Waals surface area contributed by atoms with Crippen molar-refractivity contribution in [2.24, 2.45) is 0 Å². The van der Waals surface area contributed by atoms with E-state index in [1.807, 2.05) is 36.5 Å². The van der Waals surface area contributed by atoms with Crippen LogP contribution in [0.3, 0.4) is 0 Å². The van der Waals surface area contributed by atoms with Gasteiger partial charge in [-0.25, -0.2) is 4.98 Å². The van der Waals surface area contributed by atoms with Gasteiger partial charge in [0, 0.05) is 22.8 Å². The van der Waals surface area contributed by atoms with E-state index in [2.05, 4.69) is 49.8 Å². The topological polar surface area (TPSA) is 108 Å². The summed E-state index contributed by atoms with van der Waals surface area (Å²) >= 11 is 0. The monoisotopic (exact) mass is 355 g/mol. The van der Waals surface area contributed by atoms with Gasteiger partial charge in [-0.1, -0.05) is 24.3 Å². The van der Waals surface area contributed by atoms with E-state index in [0.717, 1.165) is 44.2 Å². The highest BCUT2D eigenvalue weighted by molar-refractivity contribution is 6.06. The van der Waals surface area contributed by atoms with E-state index in [-0.39, 0.29) is 0 Å². The number of nitrogens with two attached hydrogens (primary N) is 1. The van der Waals surface area contributed by atoms with Gasteiger partial charge in [-0.05, 0) is 36.2 Å². The molecule has 5 rings (SSSR count). The molecule has 0 bridgehead atoms. The minimum atomic E-state index is 0.447. The second-order valence-corrected chi connectivity index (χ2v) is 6.49. The van der Waals surface area contributed by atoms with Crippen LogP contribution in [0.1, 0.15) is 5.56 Å². The van der Waals surface area contributed by atoms with Crippen LogP contribution >= 0.6 is 0 Å². The summed E-state index contributed by atoms with van der Waals surface area (Å²) in [6.07, 6.45) is 3.63. The van der Waals surface area contributed by atoms with Crippen molar-refractivity contribution in [1.29, 1.82) is 0 Å². The van der Waals surface area contributed by atoms with Crippen molar-refractivity contribution in [3.05, 3.63) is 60.4 Å². The van der Waals surface area contributed by atoms with Crippen LogP contribution in [-0.2, 0) is 0 Å². The third-order valence-electron chi connectivity index (χ3n) is 4.77. The predicted octanol–water partition coefficient (Wildman–Crippen LogP) is 4.14. The standard InChI is InChI=1S/C20H17N7/c1-11-4-2-3-5-15(11)24-20-18-17(19(21)27-26-18)14(10-22-20)12-6-7-16-13(8-12)9-23-25-16/h2-10H,1H3,(H,22,24)(H,23,25)(H3,21,26,27). The first-order valence-corrected chi connectivity index (χ1v) is 8.59. The van der Waals surface area contributed by atoms with E-state index in [4.69, 9.17) is 5.73 Å². The molecule has 3 aromatic heterocycles. The summed E-state index contributed by atoms with van der Waals surface area (Å²) in [6, 6.07) is 14.2. The molecule has 0 atom stereocenters. The number of hydrogen-bond acceptors (Lipinski definition) is 5. The lowest BCUT2D eigenvalue weighted by Crippen LogP contribution is -1.98. The zero-order valence-corrected chi connectivity index (χ0v) is 14.6. The molecule has 132 valence electrons. The number of pyridine rings is 1. The molecule has 27 heavy (non-hydrogen) atoms. The molecular formula is C20H17N7. The number of aromatic nitrogens is 5. The fraction of sp³-hybridized carbons (Fsp3) is 0.0500. The number of para-hydroxylation sites is 1. The predicted molar refractivity (Wildman–Crippen MR) is 108 cm³/mol. The number of anilines is 3. The quantitative estimate of drug-likeness (QED) is 0.389. The molecule has 0 unspecified atom stereocenters. The Morgan fingerprint density at radius 2 is 1.93 bits per heavy atom. The van der Waals surface area contributed by atoms with Gasteiger partial charge in [0.1, 0.15) is 5.52 Å². The molecule has 5 aromatic rings. The molecular weight excluding hydrogens is 338 g/mol. The van der Waals surface area contributed by atoms with Crippen LogP contribution in [0.5, 0.6) is 0 Å². The van der Waals surface area contributed by atoms with Crippen LogP contribution in [0, 0.1) is 6.92 Å². The zero-order chi connectivity index (χ0) is 18.4. The Morgan fingerprint density at radius 1 is 1.04 bits per heavy atom. The largest absolute Gasteiger partial charge is 0.382 e. The highest BCUT2D eigenvalue weighted by atomic mass is 15.2. The van der Waals surface area contributed by atoms with Gasteiger partial charge in [0.2, 0.25) is 0 Å². The van der Waals surface area contributed by atoms with Crippen molar-refractivity contribution in [3.8, 4) is 11.1 Å². The normalized spacial score (nSPS) is 11.3. The summed E-state index contributed by atoms with van der Waals surface area (Å²) in [6.45, 7) is 2.05. The Balaban J connectivity index is 1.67. The van der Waals surface area contributed by atoms with Crippen LogP contribution in [0.25, 0.3) is 32.9 Å². The second kappa shape index (κ2) is 5.84. The Labute approximate surface area is 154 Å². The number of aryl methyl sites for hydroxylation is 1. The van der Waals surface area contributed by atoms with Gasteiger partial charge in [0.25, 0.3) is 0 Å². The Hall–Kier alpha value is -3.87. The highest BCUT2D eigenvalue weighted by Crippen LogP contribution is 2.36. The van der Waals surface area contributed by atoms with Gasteiger partial charge in [-0.2, -0.15) is 10.2 Å². The fourth-order valence-corrected chi connectivity index (χ4v) is 3.32. The number of nitrogen functional groups attached to an aromatic ring is 1. The molecule has 7 heteroatoms. The third kappa shape index (κ3) is 2.48. The van der Waals surface area contributed by atoms with Crippen molar-refractivity contribution < 1.29 is 0 Å². The minimum absolute atomic E-state index is 0.447. The smallest absolute Gasteiger partial charge is 0.156 e. The summed E-state index contributed by atoms with van der Waals surface area (Å²) in [5.74, 6) is 1.14. The molecule has 7 nitrogen and oxygen atoms in total. The third-order valence-corrected chi connectivity index (χ3v) is 4.77. The van der Waals surface area contributed by atoms with E-state index in [1.165, 1.54) is 0 Å². The molecule has 0 saturated carbocycles. The number of aromatic amines is 2. The second-order valence-electron chi connectivity index (χ2n) is 6.49. The van der Waals surface area contributed by atoms with Crippen molar-refractivity contribution in [3.63, 3.8) is 0 Å². The minimum Gasteiger partial charge on any atom is -0.382 e. The maximum absolute atomic E-state index is 6.18. The summed E-state index contributed by atoms with van der Waals surface area (Å²) in [4.78, 5) is 4.64. The lowest BCUT2D eigenvalue weighted by Gasteiger charge is -2.11. The maximum Gasteiger partial charge on any atom is 0.156 e. The van der Waals surface area contributed by atoms with E-state index in [1.54, 1.807) is 6.20 Å². The van der Waals surface area contributed by atoms with Crippen molar-refractivity contribution >= 4 is 39.1 Å². The molecule has 3 heterocycles. The van der Waals surface area contributed by atoms with Crippen LogP contribution in [0.4, 0.5) is 17.3 Å². The van der Waals surface area contributed by atoms with Crippen molar-refractivity contribution in [1.82, 2.24) is 25.4 Å². The van der Waals surface area contributed by atoms with Gasteiger partial charge in [-0.15, -0.1) is 0 Å². The number of benzene rings is 2. The molecule has 5 N–H and O–H groups in total. The molecule has 0 saturated heterocycles. The Morgan fingerprint density at radius 3 is 2.81 bits per heavy atom. The van der Waals surface area contributed by atoms with E-state index in [0.29, 0.717) is 11.6 Å². The lowest BCUT2D eigenvalue weighted by molar-refractivity contribution is 1.12. The van der Waals surface area contributed by atoms with Crippen molar-refractivity contribution in [2.45, 2.75) is 6.92 Å².